The highest BCUT2D eigenvalue weighted by Crippen LogP contribution is 2.22. The van der Waals surface area contributed by atoms with Gasteiger partial charge in [0.2, 0.25) is 11.8 Å². The summed E-state index contributed by atoms with van der Waals surface area (Å²) < 4.78 is 26.5. The molecule has 1 aliphatic rings. The van der Waals surface area contributed by atoms with Gasteiger partial charge in [0.1, 0.15) is 11.6 Å². The van der Waals surface area contributed by atoms with E-state index >= 15 is 0 Å². The molecule has 0 aromatic heterocycles. The minimum Gasteiger partial charge on any atom is -0.350 e. The largest absolute Gasteiger partial charge is 0.350 e. The van der Waals surface area contributed by atoms with Crippen LogP contribution in [0.15, 0.2) is 23.1 Å². The Morgan fingerprint density at radius 3 is 2.38 bits per heavy atom. The van der Waals surface area contributed by atoms with Crippen molar-refractivity contribution >= 4 is 23.6 Å². The van der Waals surface area contributed by atoms with E-state index in [1.807, 2.05) is 25.7 Å². The summed E-state index contributed by atoms with van der Waals surface area (Å²) in [5.74, 6) is -1.30. The molecule has 0 unspecified atom stereocenters. The minimum atomic E-state index is -0.655. The van der Waals surface area contributed by atoms with E-state index in [0.29, 0.717) is 32.7 Å². The van der Waals surface area contributed by atoms with Crippen molar-refractivity contribution in [2.24, 2.45) is 0 Å². The van der Waals surface area contributed by atoms with Crippen molar-refractivity contribution in [2.45, 2.75) is 31.2 Å². The second kappa shape index (κ2) is 8.81. The van der Waals surface area contributed by atoms with Crippen molar-refractivity contribution in [3.8, 4) is 0 Å². The number of benzene rings is 1. The standard InChI is InChI=1S/C18H25F2N3O2S/c1-18(2,3)21-16(24)11-22-6-8-23(9-7-22)17(25)12-26-15-5-4-13(19)10-14(15)20/h4-5,10H,6-9,11-12H2,1-3H3,(H,21,24). The quantitative estimate of drug-likeness (QED) is 0.789. The normalized spacial score (nSPS) is 15.8. The summed E-state index contributed by atoms with van der Waals surface area (Å²) in [5.41, 5.74) is -0.262. The van der Waals surface area contributed by atoms with Gasteiger partial charge in [0.15, 0.2) is 0 Å². The third-order valence-corrected chi connectivity index (χ3v) is 4.89. The van der Waals surface area contributed by atoms with Crippen molar-refractivity contribution in [3.05, 3.63) is 29.8 Å². The van der Waals surface area contributed by atoms with Gasteiger partial charge in [-0.25, -0.2) is 8.78 Å². The Labute approximate surface area is 157 Å². The van der Waals surface area contributed by atoms with Gasteiger partial charge in [0, 0.05) is 42.7 Å². The first kappa shape index (κ1) is 20.6. The SMILES string of the molecule is CC(C)(C)NC(=O)CN1CCN(C(=O)CSc2ccc(F)cc2F)CC1. The number of thioether (sulfide) groups is 1. The van der Waals surface area contributed by atoms with Gasteiger partial charge in [-0.1, -0.05) is 0 Å². The predicted molar refractivity (Wildman–Crippen MR) is 98.0 cm³/mol. The molecule has 8 heteroatoms. The van der Waals surface area contributed by atoms with E-state index in [1.165, 1.54) is 12.1 Å². The Kier molecular flexibility index (Phi) is 7.00. The smallest absolute Gasteiger partial charge is 0.234 e. The number of amides is 2. The van der Waals surface area contributed by atoms with E-state index in [2.05, 4.69) is 5.32 Å². The van der Waals surface area contributed by atoms with Gasteiger partial charge >= 0.3 is 0 Å². The first-order valence-electron chi connectivity index (χ1n) is 8.53. The highest BCUT2D eigenvalue weighted by Gasteiger charge is 2.23. The van der Waals surface area contributed by atoms with Crippen LogP contribution in [0.3, 0.4) is 0 Å². The number of hydrogen-bond donors (Lipinski definition) is 1. The average molecular weight is 385 g/mol. The van der Waals surface area contributed by atoms with Gasteiger partial charge in [-0.2, -0.15) is 0 Å². The van der Waals surface area contributed by atoms with Crippen LogP contribution in [0.5, 0.6) is 0 Å². The molecule has 1 aromatic carbocycles. The highest BCUT2D eigenvalue weighted by molar-refractivity contribution is 8.00. The zero-order valence-corrected chi connectivity index (χ0v) is 16.2. The van der Waals surface area contributed by atoms with Crippen LogP contribution in [0.1, 0.15) is 20.8 Å². The minimum absolute atomic E-state index is 0.0281. The number of rotatable bonds is 5. The maximum atomic E-state index is 13.6. The molecule has 2 amide bonds. The van der Waals surface area contributed by atoms with Gasteiger partial charge in [0.25, 0.3) is 0 Å². The van der Waals surface area contributed by atoms with Crippen LogP contribution in [0, 0.1) is 11.6 Å². The second-order valence-corrected chi connectivity index (χ2v) is 8.34. The fourth-order valence-electron chi connectivity index (χ4n) is 2.64. The molecule has 26 heavy (non-hydrogen) atoms. The van der Waals surface area contributed by atoms with Gasteiger partial charge in [-0.3, -0.25) is 14.5 Å². The first-order chi connectivity index (χ1) is 12.1. The lowest BCUT2D eigenvalue weighted by Crippen LogP contribution is -2.53. The van der Waals surface area contributed by atoms with Crippen molar-refractivity contribution in [1.29, 1.82) is 0 Å². The summed E-state index contributed by atoms with van der Waals surface area (Å²) in [6.07, 6.45) is 0. The van der Waals surface area contributed by atoms with Crippen LogP contribution in [0.2, 0.25) is 0 Å². The van der Waals surface area contributed by atoms with E-state index in [1.54, 1.807) is 4.90 Å². The molecular weight excluding hydrogens is 360 g/mol. The molecule has 1 N–H and O–H groups in total. The summed E-state index contributed by atoms with van der Waals surface area (Å²) in [4.78, 5) is 28.2. The topological polar surface area (TPSA) is 52.7 Å². The van der Waals surface area contributed by atoms with Gasteiger partial charge in [-0.15, -0.1) is 11.8 Å². The fourth-order valence-corrected chi connectivity index (χ4v) is 3.46. The molecule has 5 nitrogen and oxygen atoms in total. The Balaban J connectivity index is 1.75. The maximum Gasteiger partial charge on any atom is 0.234 e. The van der Waals surface area contributed by atoms with Gasteiger partial charge in [0.05, 0.1) is 12.3 Å². The van der Waals surface area contributed by atoms with Gasteiger partial charge in [-0.05, 0) is 32.9 Å². The van der Waals surface area contributed by atoms with Crippen LogP contribution >= 0.6 is 11.8 Å². The van der Waals surface area contributed by atoms with E-state index in [0.717, 1.165) is 17.8 Å². The van der Waals surface area contributed by atoms with Crippen molar-refractivity contribution in [1.82, 2.24) is 15.1 Å². The van der Waals surface area contributed by atoms with E-state index < -0.39 is 11.6 Å². The summed E-state index contributed by atoms with van der Waals surface area (Å²) in [7, 11) is 0. The van der Waals surface area contributed by atoms with E-state index in [9.17, 15) is 18.4 Å². The third-order valence-electron chi connectivity index (χ3n) is 3.85. The van der Waals surface area contributed by atoms with Crippen LogP contribution in [-0.2, 0) is 9.59 Å². The Morgan fingerprint density at radius 1 is 1.15 bits per heavy atom. The van der Waals surface area contributed by atoms with Crippen molar-refractivity contribution in [3.63, 3.8) is 0 Å². The lowest BCUT2D eigenvalue weighted by molar-refractivity contribution is -0.130. The number of carbonyl (C=O) groups excluding carboxylic acids is 2. The lowest BCUT2D eigenvalue weighted by atomic mass is 10.1. The molecule has 2 rings (SSSR count). The molecule has 0 atom stereocenters. The summed E-state index contributed by atoms with van der Waals surface area (Å²) in [5, 5.41) is 2.92. The number of piperazine rings is 1. The molecule has 1 fully saturated rings. The number of halogens is 2. The highest BCUT2D eigenvalue weighted by atomic mass is 32.2. The molecule has 0 radical (unpaired) electrons. The molecule has 0 saturated carbocycles. The number of carbonyl (C=O) groups is 2. The van der Waals surface area contributed by atoms with Crippen LogP contribution in [0.25, 0.3) is 0 Å². The molecule has 1 aliphatic heterocycles. The lowest BCUT2D eigenvalue weighted by Gasteiger charge is -2.34. The molecule has 0 bridgehead atoms. The second-order valence-electron chi connectivity index (χ2n) is 7.32. The Morgan fingerprint density at radius 2 is 1.81 bits per heavy atom. The summed E-state index contributed by atoms with van der Waals surface area (Å²) >= 11 is 1.06. The van der Waals surface area contributed by atoms with Crippen molar-refractivity contribution in [2.75, 3.05) is 38.5 Å². The van der Waals surface area contributed by atoms with E-state index in [4.69, 9.17) is 0 Å². The molecule has 1 heterocycles. The van der Waals surface area contributed by atoms with Gasteiger partial charge < -0.3 is 10.2 Å². The Bertz CT molecular complexity index is 656. The maximum absolute atomic E-state index is 13.6. The first-order valence-corrected chi connectivity index (χ1v) is 9.51. The molecule has 0 aliphatic carbocycles. The number of nitrogens with one attached hydrogen (secondary N) is 1. The van der Waals surface area contributed by atoms with E-state index in [-0.39, 0.29) is 28.0 Å². The zero-order chi connectivity index (χ0) is 19.3. The molecule has 1 aromatic rings. The summed E-state index contributed by atoms with van der Waals surface area (Å²) in [6.45, 7) is 8.43. The average Bonchev–Trinajstić information content (AvgIpc) is 2.52. The molecule has 144 valence electrons. The zero-order valence-electron chi connectivity index (χ0n) is 15.3. The third kappa shape index (κ3) is 6.57. The Hall–Kier alpha value is -1.67. The molecule has 0 spiro atoms. The number of nitrogens with zero attached hydrogens (tertiary/aromatic N) is 2. The van der Waals surface area contributed by atoms with Crippen molar-refractivity contribution < 1.29 is 18.4 Å². The molecular formula is C18H25F2N3O2S. The predicted octanol–water partition coefficient (Wildman–Crippen LogP) is 2.12. The fraction of sp³-hybridized carbons (Fsp3) is 0.556. The summed E-state index contributed by atoms with van der Waals surface area (Å²) in [6, 6.07) is 3.33. The monoisotopic (exact) mass is 385 g/mol. The number of hydrogen-bond acceptors (Lipinski definition) is 4. The van der Waals surface area contributed by atoms with Crippen LogP contribution in [-0.4, -0.2) is 65.6 Å². The molecule has 1 saturated heterocycles. The van der Waals surface area contributed by atoms with Crippen LogP contribution < -0.4 is 5.32 Å². The van der Waals surface area contributed by atoms with Crippen LogP contribution in [0.4, 0.5) is 8.78 Å².